The lowest BCUT2D eigenvalue weighted by Gasteiger charge is -2.31. The van der Waals surface area contributed by atoms with Crippen LogP contribution in [0.2, 0.25) is 0 Å². The first-order valence-corrected chi connectivity index (χ1v) is 7.06. The van der Waals surface area contributed by atoms with Crippen molar-refractivity contribution in [1.29, 1.82) is 0 Å². The standard InChI is InChI=1S/C15H17FN4O2/c16-12-10-11(2-3-13(12)20-7-1-6-18-20)19-14(21)15(17)4-8-22-9-5-15/h1-3,6-7,10H,4-5,8-9,17H2,(H,19,21). The summed E-state index contributed by atoms with van der Waals surface area (Å²) in [5, 5.41) is 6.65. The molecule has 2 aromatic rings. The molecule has 0 atom stereocenters. The fourth-order valence-corrected chi connectivity index (χ4v) is 2.40. The first kappa shape index (κ1) is 14.7. The molecule has 1 saturated heterocycles. The second-order valence-corrected chi connectivity index (χ2v) is 5.34. The molecular weight excluding hydrogens is 287 g/mol. The molecule has 1 amide bonds. The zero-order valence-electron chi connectivity index (χ0n) is 12.0. The Morgan fingerprint density at radius 1 is 1.41 bits per heavy atom. The van der Waals surface area contributed by atoms with Gasteiger partial charge in [-0.2, -0.15) is 5.10 Å². The zero-order chi connectivity index (χ0) is 15.6. The monoisotopic (exact) mass is 304 g/mol. The maximum absolute atomic E-state index is 14.1. The summed E-state index contributed by atoms with van der Waals surface area (Å²) in [4.78, 5) is 12.3. The molecule has 1 aliphatic heterocycles. The van der Waals surface area contributed by atoms with E-state index in [2.05, 4.69) is 10.4 Å². The van der Waals surface area contributed by atoms with E-state index in [1.807, 2.05) is 0 Å². The van der Waals surface area contributed by atoms with Gasteiger partial charge in [-0.25, -0.2) is 9.07 Å². The molecule has 22 heavy (non-hydrogen) atoms. The summed E-state index contributed by atoms with van der Waals surface area (Å²) < 4.78 is 20.8. The molecule has 1 aromatic carbocycles. The van der Waals surface area contributed by atoms with Crippen molar-refractivity contribution in [1.82, 2.24) is 9.78 Å². The Morgan fingerprint density at radius 2 is 2.18 bits per heavy atom. The topological polar surface area (TPSA) is 82.2 Å². The van der Waals surface area contributed by atoms with E-state index < -0.39 is 11.4 Å². The number of carbonyl (C=O) groups is 1. The highest BCUT2D eigenvalue weighted by molar-refractivity contribution is 5.98. The summed E-state index contributed by atoms with van der Waals surface area (Å²) in [7, 11) is 0. The van der Waals surface area contributed by atoms with Gasteiger partial charge >= 0.3 is 0 Å². The van der Waals surface area contributed by atoms with Crippen molar-refractivity contribution in [3.05, 3.63) is 42.5 Å². The third kappa shape index (κ3) is 2.86. The zero-order valence-corrected chi connectivity index (χ0v) is 12.0. The summed E-state index contributed by atoms with van der Waals surface area (Å²) in [6.45, 7) is 0.910. The van der Waals surface area contributed by atoms with Gasteiger partial charge in [0.05, 0.1) is 0 Å². The van der Waals surface area contributed by atoms with Gasteiger partial charge in [-0.3, -0.25) is 4.79 Å². The maximum Gasteiger partial charge on any atom is 0.244 e. The Hall–Kier alpha value is -2.25. The number of hydrogen-bond acceptors (Lipinski definition) is 4. The number of benzene rings is 1. The van der Waals surface area contributed by atoms with E-state index in [1.54, 1.807) is 30.6 Å². The number of rotatable bonds is 3. The molecule has 0 aliphatic carbocycles. The van der Waals surface area contributed by atoms with Crippen molar-refractivity contribution in [2.24, 2.45) is 5.73 Å². The van der Waals surface area contributed by atoms with Crippen molar-refractivity contribution >= 4 is 11.6 Å². The lowest BCUT2D eigenvalue weighted by molar-refractivity contribution is -0.124. The van der Waals surface area contributed by atoms with Crippen molar-refractivity contribution < 1.29 is 13.9 Å². The summed E-state index contributed by atoms with van der Waals surface area (Å²) >= 11 is 0. The van der Waals surface area contributed by atoms with Crippen LogP contribution in [-0.2, 0) is 9.53 Å². The minimum atomic E-state index is -0.963. The highest BCUT2D eigenvalue weighted by Crippen LogP contribution is 2.22. The van der Waals surface area contributed by atoms with Crippen molar-refractivity contribution in [3.63, 3.8) is 0 Å². The van der Waals surface area contributed by atoms with E-state index in [4.69, 9.17) is 10.5 Å². The lowest BCUT2D eigenvalue weighted by atomic mass is 9.90. The number of anilines is 1. The second kappa shape index (κ2) is 5.86. The third-order valence-electron chi connectivity index (χ3n) is 3.79. The van der Waals surface area contributed by atoms with Crippen LogP contribution in [0.1, 0.15) is 12.8 Å². The van der Waals surface area contributed by atoms with Crippen LogP contribution in [0.5, 0.6) is 0 Å². The Bertz CT molecular complexity index is 666. The SMILES string of the molecule is NC1(C(=O)Nc2ccc(-n3cccn3)c(F)c2)CCOCC1. The molecule has 0 spiro atoms. The minimum absolute atomic E-state index is 0.316. The highest BCUT2D eigenvalue weighted by Gasteiger charge is 2.35. The van der Waals surface area contributed by atoms with Gasteiger partial charge in [0.1, 0.15) is 11.2 Å². The van der Waals surface area contributed by atoms with E-state index in [9.17, 15) is 9.18 Å². The van der Waals surface area contributed by atoms with Gasteiger partial charge < -0.3 is 15.8 Å². The molecule has 3 N–H and O–H groups in total. The molecule has 1 aromatic heterocycles. The van der Waals surface area contributed by atoms with E-state index >= 15 is 0 Å². The van der Waals surface area contributed by atoms with Gasteiger partial charge in [0.2, 0.25) is 5.91 Å². The second-order valence-electron chi connectivity index (χ2n) is 5.34. The molecule has 1 fully saturated rings. The number of hydrogen-bond donors (Lipinski definition) is 2. The largest absolute Gasteiger partial charge is 0.381 e. The molecule has 0 bridgehead atoms. The predicted octanol–water partition coefficient (Wildman–Crippen LogP) is 1.46. The van der Waals surface area contributed by atoms with Crippen molar-refractivity contribution in [2.75, 3.05) is 18.5 Å². The molecular formula is C15H17FN4O2. The van der Waals surface area contributed by atoms with E-state index in [0.29, 0.717) is 37.4 Å². The number of nitrogens with one attached hydrogen (secondary N) is 1. The molecule has 116 valence electrons. The molecule has 0 saturated carbocycles. The molecule has 1 aliphatic rings. The number of amides is 1. The number of ether oxygens (including phenoxy) is 1. The quantitative estimate of drug-likeness (QED) is 0.899. The van der Waals surface area contributed by atoms with Gasteiger partial charge in [-0.15, -0.1) is 0 Å². The van der Waals surface area contributed by atoms with Gasteiger partial charge in [0, 0.05) is 31.3 Å². The smallest absolute Gasteiger partial charge is 0.244 e. The molecule has 6 nitrogen and oxygen atoms in total. The molecule has 7 heteroatoms. The Balaban J connectivity index is 1.76. The van der Waals surface area contributed by atoms with Gasteiger partial charge in [0.25, 0.3) is 0 Å². The molecule has 0 radical (unpaired) electrons. The van der Waals surface area contributed by atoms with Crippen molar-refractivity contribution in [2.45, 2.75) is 18.4 Å². The number of aromatic nitrogens is 2. The van der Waals surface area contributed by atoms with Crippen LogP contribution in [0.15, 0.2) is 36.7 Å². The van der Waals surface area contributed by atoms with Crippen LogP contribution in [-0.4, -0.2) is 34.4 Å². The molecule has 2 heterocycles. The molecule has 0 unspecified atom stereocenters. The number of nitrogens with two attached hydrogens (primary N) is 1. The van der Waals surface area contributed by atoms with Crippen LogP contribution in [0.4, 0.5) is 10.1 Å². The van der Waals surface area contributed by atoms with E-state index in [0.717, 1.165) is 0 Å². The van der Waals surface area contributed by atoms with Crippen molar-refractivity contribution in [3.8, 4) is 5.69 Å². The fourth-order valence-electron chi connectivity index (χ4n) is 2.40. The Labute approximate surface area is 127 Å². The maximum atomic E-state index is 14.1. The van der Waals surface area contributed by atoms with Gasteiger partial charge in [-0.1, -0.05) is 0 Å². The lowest BCUT2D eigenvalue weighted by Crippen LogP contribution is -2.54. The predicted molar refractivity (Wildman–Crippen MR) is 79.1 cm³/mol. The summed E-state index contributed by atoms with van der Waals surface area (Å²) in [5.41, 5.74) is 5.82. The summed E-state index contributed by atoms with van der Waals surface area (Å²) in [6, 6.07) is 6.15. The van der Waals surface area contributed by atoms with Gasteiger partial charge in [-0.05, 0) is 37.1 Å². The first-order valence-electron chi connectivity index (χ1n) is 7.06. The summed E-state index contributed by atoms with van der Waals surface area (Å²) in [6.07, 6.45) is 4.12. The average Bonchev–Trinajstić information content (AvgIpc) is 3.02. The number of halogens is 1. The van der Waals surface area contributed by atoms with Crippen LogP contribution < -0.4 is 11.1 Å². The Kier molecular flexibility index (Phi) is 3.91. The number of carbonyl (C=O) groups excluding carboxylic acids is 1. The highest BCUT2D eigenvalue weighted by atomic mass is 19.1. The van der Waals surface area contributed by atoms with Crippen LogP contribution in [0.25, 0.3) is 5.69 Å². The van der Waals surface area contributed by atoms with Crippen LogP contribution in [0, 0.1) is 5.82 Å². The number of nitrogens with zero attached hydrogens (tertiary/aromatic N) is 2. The fraction of sp³-hybridized carbons (Fsp3) is 0.333. The third-order valence-corrected chi connectivity index (χ3v) is 3.79. The normalized spacial score (nSPS) is 17.2. The summed E-state index contributed by atoms with van der Waals surface area (Å²) in [5.74, 6) is -0.790. The molecule has 3 rings (SSSR count). The van der Waals surface area contributed by atoms with E-state index in [1.165, 1.54) is 10.7 Å². The average molecular weight is 304 g/mol. The van der Waals surface area contributed by atoms with E-state index in [-0.39, 0.29) is 5.91 Å². The van der Waals surface area contributed by atoms with Crippen LogP contribution in [0.3, 0.4) is 0 Å². The van der Waals surface area contributed by atoms with Crippen LogP contribution >= 0.6 is 0 Å². The Morgan fingerprint density at radius 3 is 2.82 bits per heavy atom. The minimum Gasteiger partial charge on any atom is -0.381 e. The van der Waals surface area contributed by atoms with Gasteiger partial charge in [0.15, 0.2) is 5.82 Å². The first-order chi connectivity index (χ1) is 10.6.